The zero-order chi connectivity index (χ0) is 12.9. The second-order valence-corrected chi connectivity index (χ2v) is 4.29. The van der Waals surface area contributed by atoms with Crippen molar-refractivity contribution in [1.82, 2.24) is 0 Å². The van der Waals surface area contributed by atoms with Crippen molar-refractivity contribution in [3.05, 3.63) is 0 Å². The van der Waals surface area contributed by atoms with Crippen LogP contribution in [0.4, 0.5) is 0 Å². The first-order valence-electron chi connectivity index (χ1n) is 4.14. The van der Waals surface area contributed by atoms with E-state index in [-0.39, 0.29) is 6.29 Å². The smallest absolute Gasteiger partial charge is 0.388 e. The van der Waals surface area contributed by atoms with Crippen molar-refractivity contribution >= 4 is 14.1 Å². The Morgan fingerprint density at radius 2 is 1.75 bits per heavy atom. The van der Waals surface area contributed by atoms with Gasteiger partial charge in [-0.25, -0.2) is 4.57 Å². The molecule has 0 fully saturated rings. The molecule has 0 rings (SSSR count). The van der Waals surface area contributed by atoms with Crippen LogP contribution in [0.15, 0.2) is 0 Å². The third-order valence-corrected chi connectivity index (χ3v) is 2.19. The van der Waals surface area contributed by atoms with Crippen molar-refractivity contribution in [1.29, 1.82) is 0 Å². The van der Waals surface area contributed by atoms with Crippen LogP contribution in [0.2, 0.25) is 0 Å². The number of phosphoric ester groups is 1. The minimum atomic E-state index is -4.77. The largest absolute Gasteiger partial charge is 0.469 e. The van der Waals surface area contributed by atoms with Crippen molar-refractivity contribution in [2.45, 2.75) is 24.4 Å². The van der Waals surface area contributed by atoms with E-state index in [2.05, 4.69) is 4.52 Å². The number of nitrogens with two attached hydrogens (primary N) is 1. The molecule has 7 N–H and O–H groups in total. The summed E-state index contributed by atoms with van der Waals surface area (Å²) in [5.74, 6) is 0. The Labute approximate surface area is 90.7 Å². The van der Waals surface area contributed by atoms with Crippen molar-refractivity contribution in [3.63, 3.8) is 0 Å². The second-order valence-electron chi connectivity index (χ2n) is 3.05. The number of carbonyl (C=O) groups excluding carboxylic acids is 1. The van der Waals surface area contributed by atoms with Crippen LogP contribution in [-0.4, -0.2) is 62.4 Å². The molecule has 0 bridgehead atoms. The van der Waals surface area contributed by atoms with Gasteiger partial charge in [-0.1, -0.05) is 0 Å². The summed E-state index contributed by atoms with van der Waals surface area (Å²) in [5, 5.41) is 27.5. The molecule has 96 valence electrons. The van der Waals surface area contributed by atoms with Gasteiger partial charge in [0.2, 0.25) is 0 Å². The molecule has 0 heterocycles. The van der Waals surface area contributed by atoms with Gasteiger partial charge < -0.3 is 35.6 Å². The first kappa shape index (κ1) is 15.6. The predicted molar refractivity (Wildman–Crippen MR) is 50.1 cm³/mol. The van der Waals surface area contributed by atoms with Crippen LogP contribution >= 0.6 is 7.82 Å². The van der Waals surface area contributed by atoms with E-state index >= 15 is 0 Å². The molecule has 0 unspecified atom stereocenters. The lowest BCUT2D eigenvalue weighted by Crippen LogP contribution is -2.50. The molecule has 0 aromatic heterocycles. The quantitative estimate of drug-likeness (QED) is 0.202. The number of carbonyl (C=O) groups is 1. The molecular weight excluding hydrogens is 245 g/mol. The maximum absolute atomic E-state index is 10.3. The SMILES string of the molecule is N[C@@H](C=O)[C@H](O)[C@H](O)[C@@H](O)COP(=O)(O)O. The van der Waals surface area contributed by atoms with Crippen LogP contribution in [-0.2, 0) is 13.9 Å². The maximum Gasteiger partial charge on any atom is 0.469 e. The topological polar surface area (TPSA) is 171 Å². The van der Waals surface area contributed by atoms with E-state index in [1.54, 1.807) is 0 Å². The number of aliphatic hydroxyl groups excluding tert-OH is 3. The minimum Gasteiger partial charge on any atom is -0.388 e. The highest BCUT2D eigenvalue weighted by Crippen LogP contribution is 2.35. The average Bonchev–Trinajstić information content (AvgIpc) is 2.21. The van der Waals surface area contributed by atoms with Gasteiger partial charge in [-0.2, -0.15) is 0 Å². The van der Waals surface area contributed by atoms with Gasteiger partial charge in [-0.3, -0.25) is 4.52 Å². The normalized spacial score (nSPS) is 19.9. The summed E-state index contributed by atoms with van der Waals surface area (Å²) >= 11 is 0. The lowest BCUT2D eigenvalue weighted by Gasteiger charge is -2.24. The molecule has 0 aliphatic rings. The summed E-state index contributed by atoms with van der Waals surface area (Å²) in [7, 11) is -4.77. The maximum atomic E-state index is 10.3. The molecule has 0 aliphatic carbocycles. The summed E-state index contributed by atoms with van der Waals surface area (Å²) < 4.78 is 14.1. The molecule has 0 spiro atoms. The number of phosphoric acid groups is 1. The molecule has 0 saturated carbocycles. The van der Waals surface area contributed by atoms with Gasteiger partial charge in [0, 0.05) is 0 Å². The molecular formula is C6H14NO8P. The van der Waals surface area contributed by atoms with Crippen LogP contribution in [0.1, 0.15) is 0 Å². The average molecular weight is 259 g/mol. The van der Waals surface area contributed by atoms with E-state index in [0.717, 1.165) is 0 Å². The second kappa shape index (κ2) is 6.38. The number of aldehydes is 1. The van der Waals surface area contributed by atoms with Gasteiger partial charge in [-0.05, 0) is 0 Å². The number of rotatable bonds is 7. The fourth-order valence-electron chi connectivity index (χ4n) is 0.808. The van der Waals surface area contributed by atoms with E-state index in [4.69, 9.17) is 20.6 Å². The van der Waals surface area contributed by atoms with Crippen molar-refractivity contribution in [2.24, 2.45) is 5.73 Å². The number of hydrogen-bond donors (Lipinski definition) is 6. The minimum absolute atomic E-state index is 0.157. The molecule has 0 aromatic rings. The first-order valence-corrected chi connectivity index (χ1v) is 5.67. The lowest BCUT2D eigenvalue weighted by molar-refractivity contribution is -0.118. The van der Waals surface area contributed by atoms with E-state index in [1.165, 1.54) is 0 Å². The van der Waals surface area contributed by atoms with E-state index in [1.807, 2.05) is 0 Å². The molecule has 16 heavy (non-hydrogen) atoms. The molecule has 9 nitrogen and oxygen atoms in total. The molecule has 0 aliphatic heterocycles. The summed E-state index contributed by atoms with van der Waals surface area (Å²) in [4.78, 5) is 26.7. The first-order chi connectivity index (χ1) is 7.19. The summed E-state index contributed by atoms with van der Waals surface area (Å²) in [5.41, 5.74) is 5.05. The van der Waals surface area contributed by atoms with Crippen LogP contribution in [0.3, 0.4) is 0 Å². The van der Waals surface area contributed by atoms with Gasteiger partial charge in [0.05, 0.1) is 12.6 Å². The molecule has 0 saturated heterocycles. The molecule has 0 radical (unpaired) electrons. The van der Waals surface area contributed by atoms with Crippen LogP contribution in [0, 0.1) is 0 Å². The molecule has 0 aromatic carbocycles. The lowest BCUT2D eigenvalue weighted by atomic mass is 10.0. The van der Waals surface area contributed by atoms with E-state index in [0.29, 0.717) is 0 Å². The Balaban J connectivity index is 4.22. The fraction of sp³-hybridized carbons (Fsp3) is 0.833. The summed E-state index contributed by atoms with van der Waals surface area (Å²) in [6.45, 7) is -0.909. The number of hydrogen-bond acceptors (Lipinski definition) is 7. The van der Waals surface area contributed by atoms with E-state index < -0.39 is 38.8 Å². The van der Waals surface area contributed by atoms with Gasteiger partial charge in [0.15, 0.2) is 0 Å². The highest BCUT2D eigenvalue weighted by atomic mass is 31.2. The van der Waals surface area contributed by atoms with Crippen molar-refractivity contribution in [2.75, 3.05) is 6.61 Å². The number of aliphatic hydroxyl groups is 3. The Morgan fingerprint density at radius 1 is 1.25 bits per heavy atom. The third-order valence-electron chi connectivity index (χ3n) is 1.71. The monoisotopic (exact) mass is 259 g/mol. The molecule has 0 amide bonds. The highest BCUT2D eigenvalue weighted by molar-refractivity contribution is 7.46. The molecule has 4 atom stereocenters. The van der Waals surface area contributed by atoms with Crippen LogP contribution in [0.25, 0.3) is 0 Å². The van der Waals surface area contributed by atoms with Crippen molar-refractivity contribution in [3.8, 4) is 0 Å². The Morgan fingerprint density at radius 3 is 2.12 bits per heavy atom. The van der Waals surface area contributed by atoms with Crippen LogP contribution in [0.5, 0.6) is 0 Å². The Bertz CT molecular complexity index is 267. The summed E-state index contributed by atoms with van der Waals surface area (Å²) in [6.07, 6.45) is -5.24. The van der Waals surface area contributed by atoms with Gasteiger partial charge in [0.25, 0.3) is 0 Å². The fourth-order valence-corrected chi connectivity index (χ4v) is 1.15. The Hall–Kier alpha value is -0.380. The zero-order valence-corrected chi connectivity index (χ0v) is 8.97. The van der Waals surface area contributed by atoms with Crippen molar-refractivity contribution < 1.29 is 39.0 Å². The zero-order valence-electron chi connectivity index (χ0n) is 8.08. The predicted octanol–water partition coefficient (Wildman–Crippen LogP) is -3.30. The Kier molecular flexibility index (Phi) is 6.23. The third kappa shape index (κ3) is 5.64. The van der Waals surface area contributed by atoms with Crippen LogP contribution < -0.4 is 5.73 Å². The standard InChI is InChI=1S/C6H14NO8P/c7-3(1-8)5(10)6(11)4(9)2-15-16(12,13)14/h1,3-6,9-11H,2,7H2,(H2,12,13,14)/t3-,4-,5-,6+/m0/s1. The summed E-state index contributed by atoms with van der Waals surface area (Å²) in [6, 6.07) is -1.42. The van der Waals surface area contributed by atoms with Gasteiger partial charge in [-0.15, -0.1) is 0 Å². The molecule has 10 heteroatoms. The van der Waals surface area contributed by atoms with E-state index in [9.17, 15) is 19.6 Å². The van der Waals surface area contributed by atoms with Gasteiger partial charge in [0.1, 0.15) is 24.6 Å². The highest BCUT2D eigenvalue weighted by Gasteiger charge is 2.30. The van der Waals surface area contributed by atoms with Gasteiger partial charge >= 0.3 is 7.82 Å².